The van der Waals surface area contributed by atoms with E-state index < -0.39 is 0 Å². The first-order valence-corrected chi connectivity index (χ1v) is 6.37. The highest BCUT2D eigenvalue weighted by Gasteiger charge is 2.09. The Balaban J connectivity index is 2.25. The fourth-order valence-corrected chi connectivity index (χ4v) is 2.17. The fraction of sp³-hybridized carbons (Fsp3) is 0.400. The Hall–Kier alpha value is -1.61. The van der Waals surface area contributed by atoms with Gasteiger partial charge in [0.1, 0.15) is 5.82 Å². The Morgan fingerprint density at radius 1 is 1.28 bits per heavy atom. The number of anilines is 1. The summed E-state index contributed by atoms with van der Waals surface area (Å²) in [7, 11) is 0. The van der Waals surface area contributed by atoms with Gasteiger partial charge >= 0.3 is 0 Å². The van der Waals surface area contributed by atoms with Gasteiger partial charge in [-0.25, -0.2) is 4.98 Å². The van der Waals surface area contributed by atoms with Gasteiger partial charge in [-0.3, -0.25) is 0 Å². The number of rotatable bonds is 4. The van der Waals surface area contributed by atoms with E-state index in [4.69, 9.17) is 0 Å². The van der Waals surface area contributed by atoms with Crippen LogP contribution in [0.3, 0.4) is 0 Å². The number of aliphatic hydroxyl groups excluding tert-OH is 1. The van der Waals surface area contributed by atoms with E-state index in [1.54, 1.807) is 6.92 Å². The van der Waals surface area contributed by atoms with E-state index in [2.05, 4.69) is 36.3 Å². The predicted molar refractivity (Wildman–Crippen MR) is 75.9 cm³/mol. The van der Waals surface area contributed by atoms with Gasteiger partial charge in [-0.1, -0.05) is 18.2 Å². The number of para-hydroxylation sites is 1. The number of hydrogen-bond acceptors (Lipinski definition) is 3. The number of pyridine rings is 1. The average Bonchev–Trinajstić information content (AvgIpc) is 2.29. The molecule has 2 N–H and O–H groups in total. The van der Waals surface area contributed by atoms with Crippen LogP contribution >= 0.6 is 0 Å². The molecule has 1 aromatic heterocycles. The first-order chi connectivity index (χ1) is 8.56. The smallest absolute Gasteiger partial charge is 0.129 e. The van der Waals surface area contributed by atoms with Crippen LogP contribution in [-0.2, 0) is 0 Å². The van der Waals surface area contributed by atoms with Crippen LogP contribution in [0.25, 0.3) is 10.9 Å². The topological polar surface area (TPSA) is 45.2 Å². The number of hydrogen-bond donors (Lipinski definition) is 2. The van der Waals surface area contributed by atoms with Crippen LogP contribution in [0.2, 0.25) is 0 Å². The normalized spacial score (nSPS) is 14.4. The maximum Gasteiger partial charge on any atom is 0.129 e. The number of aliphatic hydroxyl groups is 1. The van der Waals surface area contributed by atoms with Crippen LogP contribution in [0.1, 0.15) is 25.8 Å². The molecule has 96 valence electrons. The fourth-order valence-electron chi connectivity index (χ4n) is 2.17. The maximum atomic E-state index is 9.38. The molecule has 2 rings (SSSR count). The molecule has 0 aliphatic carbocycles. The summed E-state index contributed by atoms with van der Waals surface area (Å²) >= 11 is 0. The van der Waals surface area contributed by atoms with Gasteiger partial charge in [-0.2, -0.15) is 0 Å². The molecule has 2 aromatic rings. The van der Waals surface area contributed by atoms with Gasteiger partial charge in [0, 0.05) is 11.4 Å². The van der Waals surface area contributed by atoms with Gasteiger partial charge in [0.05, 0.1) is 11.6 Å². The first kappa shape index (κ1) is 12.8. The van der Waals surface area contributed by atoms with Crippen LogP contribution in [-0.4, -0.2) is 22.2 Å². The Labute approximate surface area is 108 Å². The summed E-state index contributed by atoms with van der Waals surface area (Å²) in [6, 6.07) is 10.4. The van der Waals surface area contributed by atoms with Crippen molar-refractivity contribution in [2.24, 2.45) is 0 Å². The van der Waals surface area contributed by atoms with E-state index in [9.17, 15) is 5.11 Å². The van der Waals surface area contributed by atoms with Crippen LogP contribution < -0.4 is 5.32 Å². The lowest BCUT2D eigenvalue weighted by atomic mass is 10.1. The van der Waals surface area contributed by atoms with E-state index in [-0.39, 0.29) is 12.1 Å². The summed E-state index contributed by atoms with van der Waals surface area (Å²) in [5.41, 5.74) is 2.13. The summed E-state index contributed by atoms with van der Waals surface area (Å²) < 4.78 is 0. The molecule has 0 bridgehead atoms. The van der Waals surface area contributed by atoms with Gasteiger partial charge in [0.15, 0.2) is 0 Å². The molecule has 1 aromatic carbocycles. The SMILES string of the molecule is Cc1cc2ccccc2nc1NC(C)CC(C)O. The third kappa shape index (κ3) is 2.99. The van der Waals surface area contributed by atoms with Crippen molar-refractivity contribution in [3.05, 3.63) is 35.9 Å². The third-order valence-corrected chi connectivity index (χ3v) is 2.99. The van der Waals surface area contributed by atoms with E-state index in [0.717, 1.165) is 22.3 Å². The lowest BCUT2D eigenvalue weighted by Gasteiger charge is -2.18. The lowest BCUT2D eigenvalue weighted by Crippen LogP contribution is -2.21. The summed E-state index contributed by atoms with van der Waals surface area (Å²) in [6.45, 7) is 5.92. The van der Waals surface area contributed by atoms with Crippen LogP contribution in [0, 0.1) is 6.92 Å². The van der Waals surface area contributed by atoms with Crippen molar-refractivity contribution in [3.8, 4) is 0 Å². The third-order valence-electron chi connectivity index (χ3n) is 2.99. The second kappa shape index (κ2) is 5.36. The first-order valence-electron chi connectivity index (χ1n) is 6.37. The van der Waals surface area contributed by atoms with Crippen molar-refractivity contribution < 1.29 is 5.11 Å². The Morgan fingerprint density at radius 3 is 2.72 bits per heavy atom. The standard InChI is InChI=1S/C15H20N2O/c1-10-8-13-6-4-5-7-14(13)17-15(10)16-11(2)9-12(3)18/h4-8,11-12,18H,9H2,1-3H3,(H,16,17). The molecule has 2 unspecified atom stereocenters. The molecule has 0 aliphatic heterocycles. The summed E-state index contributed by atoms with van der Waals surface area (Å²) in [4.78, 5) is 4.63. The zero-order chi connectivity index (χ0) is 13.1. The van der Waals surface area contributed by atoms with Gasteiger partial charge in [0.25, 0.3) is 0 Å². The highest BCUT2D eigenvalue weighted by Crippen LogP contribution is 2.20. The molecule has 2 atom stereocenters. The molecule has 0 saturated carbocycles. The van der Waals surface area contributed by atoms with Crippen molar-refractivity contribution in [1.82, 2.24) is 4.98 Å². The molecule has 0 saturated heterocycles. The van der Waals surface area contributed by atoms with Gasteiger partial charge in [-0.15, -0.1) is 0 Å². The Morgan fingerprint density at radius 2 is 2.00 bits per heavy atom. The molecule has 1 heterocycles. The number of aryl methyl sites for hydroxylation is 1. The van der Waals surface area contributed by atoms with Crippen molar-refractivity contribution in [3.63, 3.8) is 0 Å². The number of benzene rings is 1. The number of nitrogens with one attached hydrogen (secondary N) is 1. The van der Waals surface area contributed by atoms with Crippen molar-refractivity contribution in [2.45, 2.75) is 39.3 Å². The van der Waals surface area contributed by atoms with Crippen molar-refractivity contribution in [1.29, 1.82) is 0 Å². The van der Waals surface area contributed by atoms with Crippen molar-refractivity contribution in [2.75, 3.05) is 5.32 Å². The molecule has 0 spiro atoms. The number of nitrogens with zero attached hydrogens (tertiary/aromatic N) is 1. The van der Waals surface area contributed by atoms with Gasteiger partial charge < -0.3 is 10.4 Å². The van der Waals surface area contributed by atoms with Gasteiger partial charge in [0.2, 0.25) is 0 Å². The molecule has 0 radical (unpaired) electrons. The number of aromatic nitrogens is 1. The Bertz CT molecular complexity index is 537. The van der Waals surface area contributed by atoms with E-state index in [0.29, 0.717) is 6.42 Å². The predicted octanol–water partition coefficient (Wildman–Crippen LogP) is 3.11. The van der Waals surface area contributed by atoms with Gasteiger partial charge in [-0.05, 0) is 44.9 Å². The summed E-state index contributed by atoms with van der Waals surface area (Å²) in [5, 5.41) is 13.9. The Kier molecular flexibility index (Phi) is 3.82. The lowest BCUT2D eigenvalue weighted by molar-refractivity contribution is 0.179. The van der Waals surface area contributed by atoms with E-state index in [1.165, 1.54) is 0 Å². The van der Waals surface area contributed by atoms with E-state index in [1.807, 2.05) is 18.2 Å². The molecule has 18 heavy (non-hydrogen) atoms. The molecule has 3 nitrogen and oxygen atoms in total. The van der Waals surface area contributed by atoms with Crippen molar-refractivity contribution >= 4 is 16.7 Å². The largest absolute Gasteiger partial charge is 0.393 e. The zero-order valence-electron chi connectivity index (χ0n) is 11.1. The zero-order valence-corrected chi connectivity index (χ0v) is 11.1. The monoisotopic (exact) mass is 244 g/mol. The maximum absolute atomic E-state index is 9.38. The molecule has 3 heteroatoms. The molecular weight excluding hydrogens is 224 g/mol. The minimum absolute atomic E-state index is 0.206. The summed E-state index contributed by atoms with van der Waals surface area (Å²) in [5.74, 6) is 0.904. The molecule has 0 aliphatic rings. The second-order valence-electron chi connectivity index (χ2n) is 4.98. The van der Waals surface area contributed by atoms with Crippen LogP contribution in [0.5, 0.6) is 0 Å². The molecule has 0 fully saturated rings. The number of fused-ring (bicyclic) bond motifs is 1. The highest BCUT2D eigenvalue weighted by molar-refractivity contribution is 5.81. The van der Waals surface area contributed by atoms with Crippen LogP contribution in [0.15, 0.2) is 30.3 Å². The molecule has 0 amide bonds. The minimum atomic E-state index is -0.298. The van der Waals surface area contributed by atoms with Crippen LogP contribution in [0.4, 0.5) is 5.82 Å². The quantitative estimate of drug-likeness (QED) is 0.868. The average molecular weight is 244 g/mol. The molecular formula is C15H20N2O. The van der Waals surface area contributed by atoms with E-state index >= 15 is 0 Å². The second-order valence-corrected chi connectivity index (χ2v) is 4.98. The minimum Gasteiger partial charge on any atom is -0.393 e. The highest BCUT2D eigenvalue weighted by atomic mass is 16.3. The summed E-state index contributed by atoms with van der Waals surface area (Å²) in [6.07, 6.45) is 0.418.